The minimum atomic E-state index is -1.30. The highest BCUT2D eigenvalue weighted by Crippen LogP contribution is 1.92. The monoisotopic (exact) mass is 158 g/mol. The van der Waals surface area contributed by atoms with Crippen molar-refractivity contribution < 1.29 is 10.0 Å². The van der Waals surface area contributed by atoms with E-state index >= 15 is 0 Å². The molecular weight excluding hydrogens is 147 g/mol. The average Bonchev–Trinajstić information content (AvgIpc) is 2.42. The first-order valence-electron chi connectivity index (χ1n) is 3.20. The Morgan fingerprint density at radius 2 is 2.00 bits per heavy atom. The molecule has 0 saturated heterocycles. The van der Waals surface area contributed by atoms with Crippen LogP contribution in [0.1, 0.15) is 13.8 Å². The van der Waals surface area contributed by atoms with E-state index in [1.165, 1.54) is 11.3 Å². The first-order chi connectivity index (χ1) is 4.80. The van der Waals surface area contributed by atoms with Crippen LogP contribution < -0.4 is 4.78 Å². The Kier molecular flexibility index (Phi) is 5.30. The molecule has 0 aromatic carbocycles. The SMILES string of the molecule is CC.OB(O)c1cccs1. The first kappa shape index (κ1) is 9.68. The number of hydrogen-bond donors (Lipinski definition) is 2. The number of rotatable bonds is 1. The maximum absolute atomic E-state index is 8.48. The van der Waals surface area contributed by atoms with Gasteiger partial charge in [-0.25, -0.2) is 0 Å². The van der Waals surface area contributed by atoms with Crippen LogP contribution in [0.5, 0.6) is 0 Å². The summed E-state index contributed by atoms with van der Waals surface area (Å²) < 4.78 is 0.588. The molecule has 0 fully saturated rings. The lowest BCUT2D eigenvalue weighted by Crippen LogP contribution is -2.26. The molecule has 0 aliphatic carbocycles. The fourth-order valence-corrected chi connectivity index (χ4v) is 1.03. The second-order valence-electron chi connectivity index (χ2n) is 1.39. The molecule has 0 saturated carbocycles. The highest BCUT2D eigenvalue weighted by Gasteiger charge is 2.09. The molecular formula is C6H11BO2S. The molecule has 2 N–H and O–H groups in total. The Morgan fingerprint density at radius 3 is 2.20 bits per heavy atom. The Balaban J connectivity index is 0.000000371. The average molecular weight is 158 g/mol. The van der Waals surface area contributed by atoms with Gasteiger partial charge in [0, 0.05) is 4.78 Å². The van der Waals surface area contributed by atoms with Gasteiger partial charge in [-0.05, 0) is 5.38 Å². The molecule has 56 valence electrons. The van der Waals surface area contributed by atoms with Crippen LogP contribution in [0, 0.1) is 0 Å². The maximum atomic E-state index is 8.48. The van der Waals surface area contributed by atoms with E-state index in [0.717, 1.165) is 0 Å². The summed E-state index contributed by atoms with van der Waals surface area (Å²) in [6.07, 6.45) is 0. The van der Waals surface area contributed by atoms with E-state index in [1.54, 1.807) is 17.5 Å². The second-order valence-corrected chi connectivity index (χ2v) is 2.37. The van der Waals surface area contributed by atoms with Crippen molar-refractivity contribution in [2.75, 3.05) is 0 Å². The van der Waals surface area contributed by atoms with Crippen molar-refractivity contribution in [3.63, 3.8) is 0 Å². The van der Waals surface area contributed by atoms with Gasteiger partial charge in [-0.1, -0.05) is 26.0 Å². The van der Waals surface area contributed by atoms with Crippen LogP contribution in [-0.4, -0.2) is 17.2 Å². The van der Waals surface area contributed by atoms with E-state index in [-0.39, 0.29) is 0 Å². The highest BCUT2D eigenvalue weighted by molar-refractivity contribution is 7.20. The molecule has 0 amide bonds. The predicted octanol–water partition coefficient (Wildman–Crippen LogP) is 0.454. The van der Waals surface area contributed by atoms with E-state index in [2.05, 4.69) is 0 Å². The van der Waals surface area contributed by atoms with Crippen LogP contribution >= 0.6 is 11.3 Å². The molecule has 0 aliphatic rings. The summed E-state index contributed by atoms with van der Waals surface area (Å²) in [7, 11) is -1.30. The van der Waals surface area contributed by atoms with Gasteiger partial charge in [-0.2, -0.15) is 11.3 Å². The third-order valence-corrected chi connectivity index (χ3v) is 1.71. The van der Waals surface area contributed by atoms with Crippen LogP contribution in [0.4, 0.5) is 0 Å². The topological polar surface area (TPSA) is 40.5 Å². The Morgan fingerprint density at radius 1 is 1.40 bits per heavy atom. The molecule has 2 nitrogen and oxygen atoms in total. The lowest BCUT2D eigenvalue weighted by Gasteiger charge is -1.87. The van der Waals surface area contributed by atoms with E-state index in [1.807, 2.05) is 13.8 Å². The molecule has 1 aromatic rings. The van der Waals surface area contributed by atoms with Gasteiger partial charge >= 0.3 is 7.12 Å². The van der Waals surface area contributed by atoms with Gasteiger partial charge < -0.3 is 10.0 Å². The molecule has 0 radical (unpaired) electrons. The van der Waals surface area contributed by atoms with Gasteiger partial charge in [0.1, 0.15) is 0 Å². The van der Waals surface area contributed by atoms with Gasteiger partial charge in [0.25, 0.3) is 0 Å². The minimum Gasteiger partial charge on any atom is -0.423 e. The molecule has 0 unspecified atom stereocenters. The van der Waals surface area contributed by atoms with Crippen molar-refractivity contribution >= 4 is 23.2 Å². The zero-order valence-electron chi connectivity index (χ0n) is 6.11. The molecule has 0 spiro atoms. The van der Waals surface area contributed by atoms with Crippen molar-refractivity contribution in [3.8, 4) is 0 Å². The van der Waals surface area contributed by atoms with Crippen LogP contribution in [0.3, 0.4) is 0 Å². The molecule has 0 bridgehead atoms. The number of thiophene rings is 1. The third-order valence-electron chi connectivity index (χ3n) is 0.798. The summed E-state index contributed by atoms with van der Waals surface area (Å²) in [4.78, 5) is 0. The molecule has 1 aromatic heterocycles. The van der Waals surface area contributed by atoms with Gasteiger partial charge in [0.2, 0.25) is 0 Å². The first-order valence-corrected chi connectivity index (χ1v) is 4.08. The molecule has 0 aliphatic heterocycles. The Bertz CT molecular complexity index is 151. The molecule has 4 heteroatoms. The molecule has 10 heavy (non-hydrogen) atoms. The van der Waals surface area contributed by atoms with Crippen LogP contribution in [0.15, 0.2) is 17.5 Å². The molecule has 1 heterocycles. The van der Waals surface area contributed by atoms with Crippen molar-refractivity contribution in [2.24, 2.45) is 0 Å². The predicted molar refractivity (Wildman–Crippen MR) is 45.5 cm³/mol. The van der Waals surface area contributed by atoms with Crippen molar-refractivity contribution in [3.05, 3.63) is 17.5 Å². The minimum absolute atomic E-state index is 0.588. The fraction of sp³-hybridized carbons (Fsp3) is 0.333. The maximum Gasteiger partial charge on any atom is 0.499 e. The van der Waals surface area contributed by atoms with E-state index < -0.39 is 7.12 Å². The van der Waals surface area contributed by atoms with E-state index in [9.17, 15) is 0 Å². The molecule has 0 atom stereocenters. The van der Waals surface area contributed by atoms with Gasteiger partial charge in [0.15, 0.2) is 0 Å². The van der Waals surface area contributed by atoms with Gasteiger partial charge in [-0.3, -0.25) is 0 Å². The zero-order chi connectivity index (χ0) is 7.98. The summed E-state index contributed by atoms with van der Waals surface area (Å²) in [6, 6.07) is 3.45. The van der Waals surface area contributed by atoms with Gasteiger partial charge in [0.05, 0.1) is 0 Å². The van der Waals surface area contributed by atoms with Crippen molar-refractivity contribution in [1.82, 2.24) is 0 Å². The largest absolute Gasteiger partial charge is 0.499 e. The number of hydrogen-bond acceptors (Lipinski definition) is 3. The molecule has 1 rings (SSSR count). The Hall–Kier alpha value is -0.315. The smallest absolute Gasteiger partial charge is 0.423 e. The lowest BCUT2D eigenvalue weighted by atomic mass is 9.90. The third kappa shape index (κ3) is 3.01. The zero-order valence-corrected chi connectivity index (χ0v) is 6.93. The standard InChI is InChI=1S/C4H5BO2S.C2H6/c6-5(7)4-2-1-3-8-4;1-2/h1-3,6-7H;1-2H3. The summed E-state index contributed by atoms with van der Waals surface area (Å²) >= 11 is 1.33. The second kappa shape index (κ2) is 5.47. The summed E-state index contributed by atoms with van der Waals surface area (Å²) in [5.41, 5.74) is 0. The van der Waals surface area contributed by atoms with E-state index in [4.69, 9.17) is 10.0 Å². The van der Waals surface area contributed by atoms with Crippen molar-refractivity contribution in [2.45, 2.75) is 13.8 Å². The van der Waals surface area contributed by atoms with Gasteiger partial charge in [-0.15, -0.1) is 0 Å². The normalized spacial score (nSPS) is 8.00. The van der Waals surface area contributed by atoms with Crippen LogP contribution in [0.2, 0.25) is 0 Å². The van der Waals surface area contributed by atoms with E-state index in [0.29, 0.717) is 4.78 Å². The Labute approximate surface area is 65.3 Å². The quantitative estimate of drug-likeness (QED) is 0.582. The highest BCUT2D eigenvalue weighted by atomic mass is 32.1. The van der Waals surface area contributed by atoms with Crippen LogP contribution in [0.25, 0.3) is 0 Å². The summed E-state index contributed by atoms with van der Waals surface area (Å²) in [5, 5.41) is 18.8. The lowest BCUT2D eigenvalue weighted by molar-refractivity contribution is 0.427. The van der Waals surface area contributed by atoms with Crippen molar-refractivity contribution in [1.29, 1.82) is 0 Å². The summed E-state index contributed by atoms with van der Waals surface area (Å²) in [5.74, 6) is 0. The van der Waals surface area contributed by atoms with Crippen LogP contribution in [-0.2, 0) is 0 Å². The summed E-state index contributed by atoms with van der Waals surface area (Å²) in [6.45, 7) is 4.00. The fourth-order valence-electron chi connectivity index (χ4n) is 0.438.